The van der Waals surface area contributed by atoms with E-state index in [1.165, 1.54) is 6.07 Å². The summed E-state index contributed by atoms with van der Waals surface area (Å²) in [5.74, 6) is -0.418. The van der Waals surface area contributed by atoms with Crippen LogP contribution in [-0.2, 0) is 0 Å². The summed E-state index contributed by atoms with van der Waals surface area (Å²) in [6.07, 6.45) is 0. The molecule has 3 nitrogen and oxygen atoms in total. The van der Waals surface area contributed by atoms with Gasteiger partial charge in [0.1, 0.15) is 0 Å². The highest BCUT2D eigenvalue weighted by atomic mass is 19.1. The molecule has 4 heteroatoms. The average molecular weight is 221 g/mol. The third-order valence-electron chi connectivity index (χ3n) is 2.31. The van der Waals surface area contributed by atoms with Crippen LogP contribution in [0.5, 0.6) is 0 Å². The quantitative estimate of drug-likeness (QED) is 0.806. The molecular formula is C12H12FNO2. The minimum atomic E-state index is -0.444. The number of Topliss-reactive ketones (excluding diaryl/α,β-unsaturated/α-hetero) is 1. The van der Waals surface area contributed by atoms with Crippen LogP contribution < -0.4 is 5.32 Å². The zero-order valence-electron chi connectivity index (χ0n) is 8.92. The molecule has 2 rings (SSSR count). The van der Waals surface area contributed by atoms with E-state index in [9.17, 15) is 9.18 Å². The Hall–Kier alpha value is -1.68. The van der Waals surface area contributed by atoms with Crippen LogP contribution >= 0.6 is 0 Å². The Balaban J connectivity index is 2.32. The number of furan rings is 1. The van der Waals surface area contributed by atoms with Crippen LogP contribution in [0.2, 0.25) is 0 Å². The molecule has 0 amide bonds. The number of hydrogen-bond acceptors (Lipinski definition) is 3. The fourth-order valence-electron chi connectivity index (χ4n) is 1.49. The first-order chi connectivity index (χ1) is 7.72. The number of hydrogen-bond donors (Lipinski definition) is 1. The average Bonchev–Trinajstić information content (AvgIpc) is 2.71. The van der Waals surface area contributed by atoms with Gasteiger partial charge in [-0.05, 0) is 18.7 Å². The maximum absolute atomic E-state index is 13.3. The van der Waals surface area contributed by atoms with Crippen LogP contribution in [0, 0.1) is 5.82 Å². The van der Waals surface area contributed by atoms with Crippen molar-refractivity contribution in [3.8, 4) is 0 Å². The molecule has 16 heavy (non-hydrogen) atoms. The van der Waals surface area contributed by atoms with Gasteiger partial charge in [0.25, 0.3) is 0 Å². The molecule has 0 fully saturated rings. The molecule has 0 aliphatic heterocycles. The van der Waals surface area contributed by atoms with Crippen molar-refractivity contribution in [3.63, 3.8) is 0 Å². The van der Waals surface area contributed by atoms with Crippen molar-refractivity contribution >= 4 is 16.8 Å². The zero-order valence-corrected chi connectivity index (χ0v) is 8.92. The number of likely N-dealkylation sites (N-methyl/N-ethyl adjacent to an activating group) is 1. The number of benzene rings is 1. The molecule has 0 radical (unpaired) electrons. The molecule has 0 atom stereocenters. The molecule has 2 aromatic rings. The van der Waals surface area contributed by atoms with Gasteiger partial charge in [0, 0.05) is 5.39 Å². The Morgan fingerprint density at radius 1 is 1.50 bits per heavy atom. The summed E-state index contributed by atoms with van der Waals surface area (Å²) in [5.41, 5.74) is 0.141. The second-order valence-electron chi connectivity index (χ2n) is 3.47. The van der Waals surface area contributed by atoms with Gasteiger partial charge in [-0.2, -0.15) is 0 Å². The highest BCUT2D eigenvalue weighted by molar-refractivity contribution is 5.98. The summed E-state index contributed by atoms with van der Waals surface area (Å²) in [6.45, 7) is 2.82. The van der Waals surface area contributed by atoms with Crippen LogP contribution in [0.1, 0.15) is 17.5 Å². The predicted molar refractivity (Wildman–Crippen MR) is 59.0 cm³/mol. The van der Waals surface area contributed by atoms with E-state index in [0.29, 0.717) is 11.9 Å². The third kappa shape index (κ3) is 1.97. The first-order valence-corrected chi connectivity index (χ1v) is 5.14. The first kappa shape index (κ1) is 10.8. The fraction of sp³-hybridized carbons (Fsp3) is 0.250. The molecule has 1 aromatic heterocycles. The largest absolute Gasteiger partial charge is 0.450 e. The Morgan fingerprint density at radius 2 is 2.31 bits per heavy atom. The molecule has 0 bridgehead atoms. The van der Waals surface area contributed by atoms with E-state index in [1.54, 1.807) is 18.2 Å². The van der Waals surface area contributed by atoms with Crippen molar-refractivity contribution in [1.82, 2.24) is 5.32 Å². The van der Waals surface area contributed by atoms with Crippen molar-refractivity contribution in [2.75, 3.05) is 13.1 Å². The molecule has 1 N–H and O–H groups in total. The summed E-state index contributed by atoms with van der Waals surface area (Å²) in [5, 5.41) is 3.51. The van der Waals surface area contributed by atoms with E-state index in [-0.39, 0.29) is 23.7 Å². The van der Waals surface area contributed by atoms with Crippen LogP contribution in [0.25, 0.3) is 11.0 Å². The summed E-state index contributed by atoms with van der Waals surface area (Å²) in [4.78, 5) is 11.6. The second kappa shape index (κ2) is 4.45. The van der Waals surface area contributed by atoms with Gasteiger partial charge < -0.3 is 9.73 Å². The Labute approximate surface area is 92.2 Å². The summed E-state index contributed by atoms with van der Waals surface area (Å²) in [7, 11) is 0. The van der Waals surface area contributed by atoms with Gasteiger partial charge in [-0.1, -0.05) is 19.1 Å². The van der Waals surface area contributed by atoms with Crippen LogP contribution in [0.4, 0.5) is 4.39 Å². The van der Waals surface area contributed by atoms with Crippen LogP contribution in [-0.4, -0.2) is 18.9 Å². The molecule has 1 heterocycles. The zero-order chi connectivity index (χ0) is 11.5. The van der Waals surface area contributed by atoms with E-state index >= 15 is 0 Å². The lowest BCUT2D eigenvalue weighted by molar-refractivity contribution is 0.0967. The lowest BCUT2D eigenvalue weighted by atomic mass is 10.2. The molecule has 84 valence electrons. The monoisotopic (exact) mass is 221 g/mol. The lowest BCUT2D eigenvalue weighted by Crippen LogP contribution is -2.22. The van der Waals surface area contributed by atoms with Gasteiger partial charge in [-0.3, -0.25) is 4.79 Å². The Bertz CT molecular complexity index is 519. The van der Waals surface area contributed by atoms with Crippen LogP contribution in [0.3, 0.4) is 0 Å². The number of fused-ring (bicyclic) bond motifs is 1. The molecule has 0 spiro atoms. The predicted octanol–water partition coefficient (Wildman–Crippen LogP) is 2.36. The smallest absolute Gasteiger partial charge is 0.211 e. The number of para-hydroxylation sites is 1. The number of carbonyl (C=O) groups excluding carboxylic acids is 1. The maximum Gasteiger partial charge on any atom is 0.211 e. The molecule has 0 aliphatic carbocycles. The van der Waals surface area contributed by atoms with Crippen LogP contribution in [0.15, 0.2) is 28.7 Å². The van der Waals surface area contributed by atoms with Gasteiger partial charge in [0.2, 0.25) is 5.78 Å². The number of halogens is 1. The van der Waals surface area contributed by atoms with Crippen molar-refractivity contribution in [1.29, 1.82) is 0 Å². The van der Waals surface area contributed by atoms with E-state index < -0.39 is 5.82 Å². The van der Waals surface area contributed by atoms with E-state index in [0.717, 1.165) is 0 Å². The number of carbonyl (C=O) groups is 1. The minimum absolute atomic E-state index is 0.141. The number of ketones is 1. The fourth-order valence-corrected chi connectivity index (χ4v) is 1.49. The second-order valence-corrected chi connectivity index (χ2v) is 3.47. The van der Waals surface area contributed by atoms with Crippen molar-refractivity contribution < 1.29 is 13.6 Å². The highest BCUT2D eigenvalue weighted by Gasteiger charge is 2.13. The molecule has 0 saturated carbocycles. The van der Waals surface area contributed by atoms with Crippen molar-refractivity contribution in [2.24, 2.45) is 0 Å². The summed E-state index contributed by atoms with van der Waals surface area (Å²) in [6, 6.07) is 6.18. The Kier molecular flexibility index (Phi) is 3.01. The van der Waals surface area contributed by atoms with E-state index in [2.05, 4.69) is 5.32 Å². The van der Waals surface area contributed by atoms with Crippen molar-refractivity contribution in [3.05, 3.63) is 35.8 Å². The topological polar surface area (TPSA) is 42.2 Å². The standard InChI is InChI=1S/C12H12FNO2/c1-2-14-7-10(15)11-6-8-4-3-5-9(13)12(8)16-11/h3-6,14H,2,7H2,1H3. The summed E-state index contributed by atoms with van der Waals surface area (Å²) < 4.78 is 18.5. The van der Waals surface area contributed by atoms with E-state index in [1.807, 2.05) is 6.92 Å². The summed E-state index contributed by atoms with van der Waals surface area (Å²) >= 11 is 0. The normalized spacial score (nSPS) is 10.9. The van der Waals surface area contributed by atoms with Crippen molar-refractivity contribution in [2.45, 2.75) is 6.92 Å². The Morgan fingerprint density at radius 3 is 3.00 bits per heavy atom. The SMILES string of the molecule is CCNCC(=O)c1cc2cccc(F)c2o1. The van der Waals surface area contributed by atoms with Gasteiger partial charge in [-0.25, -0.2) is 4.39 Å². The maximum atomic E-state index is 13.3. The third-order valence-corrected chi connectivity index (χ3v) is 2.31. The molecule has 0 unspecified atom stereocenters. The first-order valence-electron chi connectivity index (χ1n) is 5.14. The lowest BCUT2D eigenvalue weighted by Gasteiger charge is -1.96. The molecular weight excluding hydrogens is 209 g/mol. The van der Waals surface area contributed by atoms with Gasteiger partial charge in [-0.15, -0.1) is 0 Å². The minimum Gasteiger partial charge on any atom is -0.450 e. The molecule has 0 saturated heterocycles. The van der Waals surface area contributed by atoms with Gasteiger partial charge in [0.05, 0.1) is 6.54 Å². The van der Waals surface area contributed by atoms with Gasteiger partial charge in [0.15, 0.2) is 17.2 Å². The molecule has 1 aromatic carbocycles. The van der Waals surface area contributed by atoms with Gasteiger partial charge >= 0.3 is 0 Å². The molecule has 0 aliphatic rings. The van der Waals surface area contributed by atoms with E-state index in [4.69, 9.17) is 4.42 Å². The highest BCUT2D eigenvalue weighted by Crippen LogP contribution is 2.22. The number of nitrogens with one attached hydrogen (secondary N) is 1. The number of rotatable bonds is 4.